The van der Waals surface area contributed by atoms with Gasteiger partial charge in [-0.05, 0) is 54.6 Å². The third kappa shape index (κ3) is 9.26. The Kier molecular flexibility index (Phi) is 13.7. The van der Waals surface area contributed by atoms with Crippen LogP contribution >= 0.6 is 11.3 Å². The Morgan fingerprint density at radius 3 is 2.07 bits per heavy atom. The summed E-state index contributed by atoms with van der Waals surface area (Å²) in [4.78, 5) is 67.2. The van der Waals surface area contributed by atoms with Gasteiger partial charge in [0.2, 0.25) is 11.2 Å². The number of alkyl halides is 3. The van der Waals surface area contributed by atoms with Gasteiger partial charge in [0.05, 0.1) is 31.1 Å². The molecule has 0 saturated carbocycles. The molecule has 2 amide bonds. The molecule has 0 radical (unpaired) electrons. The molecule has 12 nitrogen and oxygen atoms in total. The number of rotatable bonds is 14. The van der Waals surface area contributed by atoms with Crippen molar-refractivity contribution in [1.29, 1.82) is 0 Å². The van der Waals surface area contributed by atoms with Crippen molar-refractivity contribution in [1.82, 2.24) is 4.90 Å². The summed E-state index contributed by atoms with van der Waals surface area (Å²) in [5.74, 6) is -9.44. The lowest BCUT2D eigenvalue weighted by Gasteiger charge is -2.27. The second kappa shape index (κ2) is 18.0. The number of thiophene rings is 1. The number of likely N-dealkylation sites (N-methyl/N-ethyl adjacent to an activating group) is 1. The molecule has 2 N–H and O–H groups in total. The van der Waals surface area contributed by atoms with Crippen LogP contribution in [-0.4, -0.2) is 79.9 Å². The van der Waals surface area contributed by atoms with Crippen molar-refractivity contribution in [2.24, 2.45) is 0 Å². The van der Waals surface area contributed by atoms with Gasteiger partial charge in [-0.15, -0.1) is 11.3 Å². The Hall–Kier alpha value is -5.88. The Balaban J connectivity index is 1.70. The zero-order valence-corrected chi connectivity index (χ0v) is 30.1. The summed E-state index contributed by atoms with van der Waals surface area (Å²) in [6.07, 6.45) is -6.45. The van der Waals surface area contributed by atoms with E-state index < -0.39 is 88.9 Å². The summed E-state index contributed by atoms with van der Waals surface area (Å²) in [5.41, 5.74) is -4.91. The molecular formula is C37H33F5N2O10S. The minimum absolute atomic E-state index is 0.0503. The number of benzene rings is 3. The lowest BCUT2D eigenvalue weighted by atomic mass is 9.87. The number of esters is 2. The van der Waals surface area contributed by atoms with Crippen LogP contribution in [0.25, 0.3) is 11.1 Å². The van der Waals surface area contributed by atoms with E-state index in [0.29, 0.717) is 6.07 Å². The van der Waals surface area contributed by atoms with Gasteiger partial charge in [-0.3, -0.25) is 19.2 Å². The second-order valence-corrected chi connectivity index (χ2v) is 12.4. The average molecular weight is 793 g/mol. The van der Waals surface area contributed by atoms with Gasteiger partial charge < -0.3 is 34.3 Å². The number of aliphatic hydroxyl groups excluding tert-OH is 1. The molecule has 4 rings (SSSR count). The van der Waals surface area contributed by atoms with E-state index in [1.807, 2.05) is 0 Å². The van der Waals surface area contributed by atoms with Gasteiger partial charge in [-0.25, -0.2) is 13.6 Å². The zero-order chi connectivity index (χ0) is 40.5. The minimum Gasteiger partial charge on any atom is -0.465 e. The molecule has 0 fully saturated rings. The quantitative estimate of drug-likeness (QED) is 0.0468. The number of aliphatic hydroxyl groups is 1. The predicted octanol–water partition coefficient (Wildman–Crippen LogP) is 6.61. The number of anilines is 1. The molecule has 0 aliphatic rings. The van der Waals surface area contributed by atoms with Gasteiger partial charge in [0.1, 0.15) is 12.2 Å². The number of nitrogens with one attached hydrogen (secondary N) is 1. The third-order valence-electron chi connectivity index (χ3n) is 7.90. The van der Waals surface area contributed by atoms with E-state index in [0.717, 1.165) is 47.5 Å². The van der Waals surface area contributed by atoms with E-state index in [4.69, 9.17) is 18.9 Å². The van der Waals surface area contributed by atoms with Gasteiger partial charge in [-0.2, -0.15) is 13.2 Å². The molecule has 0 bridgehead atoms. The van der Waals surface area contributed by atoms with E-state index in [9.17, 15) is 42.3 Å². The first-order valence-corrected chi connectivity index (χ1v) is 17.2. The molecule has 3 aromatic carbocycles. The normalized spacial score (nSPS) is 11.4. The maximum absolute atomic E-state index is 16.2. The topological polar surface area (TPSA) is 158 Å². The van der Waals surface area contributed by atoms with Gasteiger partial charge in [-0.1, -0.05) is 36.4 Å². The zero-order valence-electron chi connectivity index (χ0n) is 29.3. The van der Waals surface area contributed by atoms with Crippen LogP contribution in [0.4, 0.5) is 32.4 Å². The fraction of sp³-hybridized carbons (Fsp3) is 0.270. The van der Waals surface area contributed by atoms with Crippen LogP contribution in [0.1, 0.15) is 45.0 Å². The van der Waals surface area contributed by atoms with E-state index in [1.165, 1.54) is 55.6 Å². The summed E-state index contributed by atoms with van der Waals surface area (Å²) in [7, 11) is 1.15. The Morgan fingerprint density at radius 1 is 0.873 bits per heavy atom. The van der Waals surface area contributed by atoms with Gasteiger partial charge in [0.15, 0.2) is 11.6 Å². The van der Waals surface area contributed by atoms with Crippen molar-refractivity contribution < 1.29 is 70.0 Å². The molecule has 0 atom stereocenters. The number of hydrogen-bond donors (Lipinski definition) is 2. The SMILES string of the molecule is CCOC(=O)C(COC(=O)Oc1c(F)cc(NC(=O)c2ccccc2-c2ccc(C(F)(F)F)cc2)c(C(=O)N(C)CCO)c1F)(C(=O)OCC)c1cccs1. The van der Waals surface area contributed by atoms with E-state index in [1.54, 1.807) is 0 Å². The number of amides is 2. The van der Waals surface area contributed by atoms with Crippen molar-refractivity contribution in [2.75, 3.05) is 45.3 Å². The first kappa shape index (κ1) is 41.9. The van der Waals surface area contributed by atoms with Gasteiger partial charge in [0.25, 0.3) is 11.8 Å². The van der Waals surface area contributed by atoms with E-state index in [2.05, 4.69) is 5.32 Å². The highest BCUT2D eigenvalue weighted by atomic mass is 32.1. The monoisotopic (exact) mass is 792 g/mol. The first-order valence-electron chi connectivity index (χ1n) is 16.3. The molecule has 0 aliphatic carbocycles. The van der Waals surface area contributed by atoms with Crippen LogP contribution in [0.3, 0.4) is 0 Å². The molecule has 18 heteroatoms. The molecule has 4 aromatic rings. The smallest absolute Gasteiger partial charge is 0.465 e. The summed E-state index contributed by atoms with van der Waals surface area (Å²) in [5, 5.41) is 13.2. The highest BCUT2D eigenvalue weighted by Crippen LogP contribution is 2.36. The number of ether oxygens (including phenoxy) is 4. The van der Waals surface area contributed by atoms with Gasteiger partial charge >= 0.3 is 24.3 Å². The fourth-order valence-electron chi connectivity index (χ4n) is 5.19. The third-order valence-corrected chi connectivity index (χ3v) is 8.93. The summed E-state index contributed by atoms with van der Waals surface area (Å²) >= 11 is 0.927. The molecular weight excluding hydrogens is 759 g/mol. The lowest BCUT2D eigenvalue weighted by Crippen LogP contribution is -2.50. The summed E-state index contributed by atoms with van der Waals surface area (Å²) in [6, 6.07) is 12.8. The van der Waals surface area contributed by atoms with E-state index >= 15 is 8.78 Å². The number of halogens is 5. The van der Waals surface area contributed by atoms with Crippen LogP contribution in [0.2, 0.25) is 0 Å². The van der Waals surface area contributed by atoms with Crippen molar-refractivity contribution in [3.05, 3.63) is 105 Å². The standard InChI is InChI=1S/C37H33F5N2O10S/c1-4-51-33(48)36(34(49)52-5-2,27-11-8-18-55-27)20-53-35(50)54-30-25(38)19-26(28(29(30)39)32(47)44(3)16-17-45)43-31(46)24-10-7-6-9-23(24)21-12-14-22(15-13-21)37(40,41)42/h6-15,18-19,45H,4-5,16-17,20H2,1-3H3,(H,43,46). The van der Waals surface area contributed by atoms with Crippen LogP contribution < -0.4 is 10.1 Å². The lowest BCUT2D eigenvalue weighted by molar-refractivity contribution is -0.167. The van der Waals surface area contributed by atoms with Crippen LogP contribution in [0, 0.1) is 11.6 Å². The average Bonchev–Trinajstić information content (AvgIpc) is 3.69. The van der Waals surface area contributed by atoms with Crippen LogP contribution in [-0.2, 0) is 35.4 Å². The summed E-state index contributed by atoms with van der Waals surface area (Å²) in [6.45, 7) is 0.521. The molecule has 1 aromatic heterocycles. The maximum Gasteiger partial charge on any atom is 0.514 e. The molecule has 55 heavy (non-hydrogen) atoms. The van der Waals surface area contributed by atoms with Crippen LogP contribution in [0.15, 0.2) is 72.1 Å². The van der Waals surface area contributed by atoms with E-state index in [-0.39, 0.29) is 41.3 Å². The molecule has 0 spiro atoms. The molecule has 1 heterocycles. The fourth-order valence-corrected chi connectivity index (χ4v) is 6.08. The largest absolute Gasteiger partial charge is 0.514 e. The second-order valence-electron chi connectivity index (χ2n) is 11.4. The number of hydrogen-bond acceptors (Lipinski definition) is 11. The van der Waals surface area contributed by atoms with Gasteiger partial charge in [0, 0.05) is 30.1 Å². The number of nitrogens with zero attached hydrogens (tertiary/aromatic N) is 1. The predicted molar refractivity (Wildman–Crippen MR) is 186 cm³/mol. The highest BCUT2D eigenvalue weighted by Gasteiger charge is 2.53. The highest BCUT2D eigenvalue weighted by molar-refractivity contribution is 7.10. The number of carbonyl (C=O) groups excluding carboxylic acids is 5. The Bertz CT molecular complexity index is 2020. The Labute approximate surface area is 314 Å². The van der Waals surface area contributed by atoms with Crippen molar-refractivity contribution >= 4 is 46.9 Å². The maximum atomic E-state index is 16.2. The summed E-state index contributed by atoms with van der Waals surface area (Å²) < 4.78 is 91.3. The van der Waals surface area contributed by atoms with Crippen molar-refractivity contribution in [3.63, 3.8) is 0 Å². The first-order chi connectivity index (χ1) is 26.1. The van der Waals surface area contributed by atoms with Crippen molar-refractivity contribution in [2.45, 2.75) is 25.4 Å². The molecule has 292 valence electrons. The molecule has 0 saturated heterocycles. The Morgan fingerprint density at radius 2 is 1.51 bits per heavy atom. The van der Waals surface area contributed by atoms with Crippen LogP contribution in [0.5, 0.6) is 5.75 Å². The molecule has 0 unspecified atom stereocenters. The number of carbonyl (C=O) groups is 5. The molecule has 0 aliphatic heterocycles. The van der Waals surface area contributed by atoms with Crippen molar-refractivity contribution in [3.8, 4) is 16.9 Å². The minimum atomic E-state index is -4.62.